The number of methoxy groups -OCH3 is 1. The fourth-order valence-electron chi connectivity index (χ4n) is 2.38. The number of nitriles is 1. The molecule has 0 fully saturated rings. The number of nitrogens with zero attached hydrogens (tertiary/aromatic N) is 2. The lowest BCUT2D eigenvalue weighted by molar-refractivity contribution is -0.121. The number of anilines is 1. The number of benzene rings is 2. The van der Waals surface area contributed by atoms with Crippen molar-refractivity contribution in [3.63, 3.8) is 0 Å². The Morgan fingerprint density at radius 2 is 1.89 bits per heavy atom. The zero-order valence-corrected chi connectivity index (χ0v) is 15.1. The van der Waals surface area contributed by atoms with Crippen LogP contribution in [-0.4, -0.2) is 37.2 Å². The van der Waals surface area contributed by atoms with Gasteiger partial charge in [0.2, 0.25) is 0 Å². The third kappa shape index (κ3) is 5.22. The highest BCUT2D eigenvalue weighted by atomic mass is 16.5. The number of rotatable bonds is 7. The van der Waals surface area contributed by atoms with Gasteiger partial charge in [-0.05, 0) is 31.2 Å². The lowest BCUT2D eigenvalue weighted by Crippen LogP contribution is -2.35. The van der Waals surface area contributed by atoms with Crippen LogP contribution in [0.3, 0.4) is 0 Å². The minimum absolute atomic E-state index is 0.0671. The predicted octanol–water partition coefficient (Wildman–Crippen LogP) is 2.81. The Bertz CT molecular complexity index is 856. The fraction of sp³-hybridized carbons (Fsp3) is 0.250. The van der Waals surface area contributed by atoms with Gasteiger partial charge in [-0.25, -0.2) is 4.79 Å². The van der Waals surface area contributed by atoms with Crippen molar-refractivity contribution in [2.24, 2.45) is 0 Å². The lowest BCUT2D eigenvalue weighted by atomic mass is 10.2. The summed E-state index contributed by atoms with van der Waals surface area (Å²) in [5.41, 5.74) is 1.58. The number of amides is 1. The molecule has 0 saturated carbocycles. The molecule has 2 rings (SSSR count). The SMILES string of the molecule is COc1ccc(C(=O)OCC(=O)N(CCC#N)c2ccc(C)cc2)c(O)c1. The quantitative estimate of drug-likeness (QED) is 0.755. The number of carbonyl (C=O) groups is 2. The van der Waals surface area contributed by atoms with E-state index in [1.807, 2.05) is 25.1 Å². The van der Waals surface area contributed by atoms with Gasteiger partial charge in [-0.1, -0.05) is 17.7 Å². The minimum atomic E-state index is -0.826. The van der Waals surface area contributed by atoms with Crippen LogP contribution in [-0.2, 0) is 9.53 Å². The number of aryl methyl sites for hydroxylation is 1. The topological polar surface area (TPSA) is 99.9 Å². The number of esters is 1. The molecule has 140 valence electrons. The summed E-state index contributed by atoms with van der Waals surface area (Å²) in [6.45, 7) is 1.60. The Hall–Kier alpha value is -3.53. The molecular formula is C20H20N2O5. The molecule has 0 aliphatic heterocycles. The molecule has 0 aromatic heterocycles. The molecule has 27 heavy (non-hydrogen) atoms. The summed E-state index contributed by atoms with van der Waals surface area (Å²) >= 11 is 0. The summed E-state index contributed by atoms with van der Waals surface area (Å²) in [5.74, 6) is -1.20. The van der Waals surface area contributed by atoms with Gasteiger partial charge >= 0.3 is 5.97 Å². The summed E-state index contributed by atoms with van der Waals surface area (Å²) in [6.07, 6.45) is 0.146. The van der Waals surface area contributed by atoms with Crippen molar-refractivity contribution in [3.05, 3.63) is 53.6 Å². The molecular weight excluding hydrogens is 348 g/mol. The van der Waals surface area contributed by atoms with Gasteiger partial charge in [0.05, 0.1) is 19.6 Å². The molecule has 0 aliphatic carbocycles. The van der Waals surface area contributed by atoms with Crippen LogP contribution in [0.25, 0.3) is 0 Å². The molecule has 0 unspecified atom stereocenters. The highest BCUT2D eigenvalue weighted by molar-refractivity contribution is 5.98. The maximum Gasteiger partial charge on any atom is 0.342 e. The summed E-state index contributed by atoms with van der Waals surface area (Å²) in [6, 6.07) is 13.4. The van der Waals surface area contributed by atoms with Crippen LogP contribution in [0.15, 0.2) is 42.5 Å². The number of carbonyl (C=O) groups excluding carboxylic acids is 2. The molecule has 0 saturated heterocycles. The third-order valence-corrected chi connectivity index (χ3v) is 3.85. The first-order valence-corrected chi connectivity index (χ1v) is 8.24. The number of hydrogen-bond donors (Lipinski definition) is 1. The Morgan fingerprint density at radius 1 is 1.19 bits per heavy atom. The zero-order valence-electron chi connectivity index (χ0n) is 15.1. The van der Waals surface area contributed by atoms with E-state index in [0.717, 1.165) is 5.56 Å². The van der Waals surface area contributed by atoms with Crippen LogP contribution in [0.1, 0.15) is 22.3 Å². The smallest absolute Gasteiger partial charge is 0.342 e. The average molecular weight is 368 g/mol. The first kappa shape index (κ1) is 19.8. The first-order chi connectivity index (χ1) is 13.0. The highest BCUT2D eigenvalue weighted by Gasteiger charge is 2.19. The van der Waals surface area contributed by atoms with Gasteiger partial charge in [-0.3, -0.25) is 4.79 Å². The maximum atomic E-state index is 12.5. The molecule has 0 heterocycles. The van der Waals surface area contributed by atoms with E-state index in [-0.39, 0.29) is 24.3 Å². The molecule has 0 aliphatic rings. The molecule has 0 spiro atoms. The van der Waals surface area contributed by atoms with E-state index in [1.165, 1.54) is 30.2 Å². The van der Waals surface area contributed by atoms with Gasteiger partial charge in [-0.2, -0.15) is 5.26 Å². The van der Waals surface area contributed by atoms with E-state index in [4.69, 9.17) is 14.7 Å². The molecule has 7 nitrogen and oxygen atoms in total. The van der Waals surface area contributed by atoms with Crippen LogP contribution in [0.2, 0.25) is 0 Å². The van der Waals surface area contributed by atoms with Crippen LogP contribution in [0, 0.1) is 18.3 Å². The average Bonchev–Trinajstić information content (AvgIpc) is 2.67. The number of ether oxygens (including phenoxy) is 2. The Morgan fingerprint density at radius 3 is 2.48 bits per heavy atom. The van der Waals surface area contributed by atoms with E-state index in [2.05, 4.69) is 0 Å². The molecule has 2 aromatic carbocycles. The van der Waals surface area contributed by atoms with Gasteiger partial charge < -0.3 is 19.5 Å². The van der Waals surface area contributed by atoms with Crippen molar-refractivity contribution in [3.8, 4) is 17.6 Å². The standard InChI is InChI=1S/C20H20N2O5/c1-14-4-6-15(7-5-14)22(11-3-10-21)19(24)13-27-20(25)17-9-8-16(26-2)12-18(17)23/h4-9,12,23H,3,11,13H2,1-2H3. The van der Waals surface area contributed by atoms with E-state index in [9.17, 15) is 14.7 Å². The zero-order chi connectivity index (χ0) is 19.8. The van der Waals surface area contributed by atoms with Crippen molar-refractivity contribution < 1.29 is 24.2 Å². The van der Waals surface area contributed by atoms with Crippen molar-refractivity contribution in [2.45, 2.75) is 13.3 Å². The third-order valence-electron chi connectivity index (χ3n) is 3.85. The molecule has 7 heteroatoms. The predicted molar refractivity (Wildman–Crippen MR) is 98.7 cm³/mol. The van der Waals surface area contributed by atoms with Crippen LogP contribution < -0.4 is 9.64 Å². The number of phenols is 1. The van der Waals surface area contributed by atoms with Crippen molar-refractivity contribution in [2.75, 3.05) is 25.2 Å². The van der Waals surface area contributed by atoms with Crippen LogP contribution in [0.5, 0.6) is 11.5 Å². The second-order valence-electron chi connectivity index (χ2n) is 5.75. The van der Waals surface area contributed by atoms with Gasteiger partial charge in [0, 0.05) is 18.3 Å². The second-order valence-corrected chi connectivity index (χ2v) is 5.75. The first-order valence-electron chi connectivity index (χ1n) is 8.24. The molecule has 1 amide bonds. The normalized spacial score (nSPS) is 9.96. The van der Waals surface area contributed by atoms with Crippen molar-refractivity contribution >= 4 is 17.6 Å². The fourth-order valence-corrected chi connectivity index (χ4v) is 2.38. The second kappa shape index (κ2) is 9.25. The van der Waals surface area contributed by atoms with Crippen LogP contribution in [0.4, 0.5) is 5.69 Å². The van der Waals surface area contributed by atoms with Gasteiger partial charge in [0.25, 0.3) is 5.91 Å². The van der Waals surface area contributed by atoms with Gasteiger partial charge in [-0.15, -0.1) is 0 Å². The van der Waals surface area contributed by atoms with Crippen molar-refractivity contribution in [1.82, 2.24) is 0 Å². The number of hydrogen-bond acceptors (Lipinski definition) is 6. The maximum absolute atomic E-state index is 12.5. The Labute approximate surface area is 157 Å². The molecule has 0 atom stereocenters. The van der Waals surface area contributed by atoms with E-state index in [1.54, 1.807) is 12.1 Å². The van der Waals surface area contributed by atoms with Gasteiger partial charge in [0.1, 0.15) is 17.1 Å². The molecule has 0 radical (unpaired) electrons. The summed E-state index contributed by atoms with van der Waals surface area (Å²) in [4.78, 5) is 26.0. The Balaban J connectivity index is 2.07. The summed E-state index contributed by atoms with van der Waals surface area (Å²) in [7, 11) is 1.44. The van der Waals surface area contributed by atoms with E-state index >= 15 is 0 Å². The Kier molecular flexibility index (Phi) is 6.78. The van der Waals surface area contributed by atoms with E-state index < -0.39 is 18.5 Å². The summed E-state index contributed by atoms with van der Waals surface area (Å²) in [5, 5.41) is 18.7. The lowest BCUT2D eigenvalue weighted by Gasteiger charge is -2.22. The van der Waals surface area contributed by atoms with Crippen LogP contribution >= 0.6 is 0 Å². The summed E-state index contributed by atoms with van der Waals surface area (Å²) < 4.78 is 9.99. The van der Waals surface area contributed by atoms with E-state index in [0.29, 0.717) is 11.4 Å². The number of aromatic hydroxyl groups is 1. The molecule has 0 bridgehead atoms. The number of phenolic OH excluding ortho intramolecular Hbond substituents is 1. The minimum Gasteiger partial charge on any atom is -0.507 e. The largest absolute Gasteiger partial charge is 0.507 e. The molecule has 2 aromatic rings. The van der Waals surface area contributed by atoms with Crippen molar-refractivity contribution in [1.29, 1.82) is 5.26 Å². The highest BCUT2D eigenvalue weighted by Crippen LogP contribution is 2.24. The monoisotopic (exact) mass is 368 g/mol. The van der Waals surface area contributed by atoms with Gasteiger partial charge in [0.15, 0.2) is 6.61 Å². The molecule has 1 N–H and O–H groups in total.